The predicted octanol–water partition coefficient (Wildman–Crippen LogP) is 3.48. The van der Waals surface area contributed by atoms with Crippen LogP contribution in [0.3, 0.4) is 0 Å². The smallest absolute Gasteiger partial charge is 0.246 e. The second kappa shape index (κ2) is 5.61. The third-order valence-corrected chi connectivity index (χ3v) is 5.88. The van der Waals surface area contributed by atoms with E-state index < -0.39 is 0 Å². The van der Waals surface area contributed by atoms with Gasteiger partial charge in [-0.1, -0.05) is 78.3 Å². The topological polar surface area (TPSA) is 28.7 Å². The van der Waals surface area contributed by atoms with Crippen molar-refractivity contribution in [1.82, 2.24) is 4.57 Å². The van der Waals surface area contributed by atoms with Crippen LogP contribution in [0.4, 0.5) is 0 Å². The molecule has 0 fully saturated rings. The van der Waals surface area contributed by atoms with Gasteiger partial charge in [0.25, 0.3) is 0 Å². The van der Waals surface area contributed by atoms with Crippen LogP contribution in [-0.4, -0.2) is 11.3 Å². The second-order valence-electron chi connectivity index (χ2n) is 7.33. The first kappa shape index (κ1) is 15.3. The van der Waals surface area contributed by atoms with Gasteiger partial charge in [0.2, 0.25) is 6.71 Å². The van der Waals surface area contributed by atoms with Crippen molar-refractivity contribution in [2.24, 2.45) is 0 Å². The quantitative estimate of drug-likeness (QED) is 0.416. The summed E-state index contributed by atoms with van der Waals surface area (Å²) >= 11 is 0. The molecular weight excluding hydrogens is 339 g/mol. The summed E-state index contributed by atoms with van der Waals surface area (Å²) in [5.41, 5.74) is 8.07. The number of fused-ring (bicyclic) bond motifs is 5. The molecule has 28 heavy (non-hydrogen) atoms. The molecule has 0 unspecified atom stereocenters. The lowest BCUT2D eigenvalue weighted by Gasteiger charge is -2.27. The summed E-state index contributed by atoms with van der Waals surface area (Å²) in [6, 6.07) is 34.2. The molecule has 2 heterocycles. The Kier molecular flexibility index (Phi) is 3.07. The van der Waals surface area contributed by atoms with E-state index in [1.165, 1.54) is 38.2 Å². The SMILES string of the molecule is N#Cc1ccc2c(c1)-n1c3ccccc3c3cccc(c31)B2c1ccccc1. The summed E-state index contributed by atoms with van der Waals surface area (Å²) in [7, 11) is 0. The van der Waals surface area contributed by atoms with Gasteiger partial charge in [-0.25, -0.2) is 0 Å². The molecule has 1 aliphatic rings. The van der Waals surface area contributed by atoms with E-state index in [2.05, 4.69) is 89.5 Å². The van der Waals surface area contributed by atoms with Gasteiger partial charge in [-0.3, -0.25) is 0 Å². The average Bonchev–Trinajstić information content (AvgIpc) is 3.11. The van der Waals surface area contributed by atoms with Gasteiger partial charge in [-0.15, -0.1) is 0 Å². The zero-order valence-corrected chi connectivity index (χ0v) is 15.1. The fraction of sp³-hybridized carbons (Fsp3) is 0. The van der Waals surface area contributed by atoms with Gasteiger partial charge in [0, 0.05) is 22.0 Å². The molecule has 0 aliphatic carbocycles. The summed E-state index contributed by atoms with van der Waals surface area (Å²) < 4.78 is 2.34. The summed E-state index contributed by atoms with van der Waals surface area (Å²) in [4.78, 5) is 0. The number of benzene rings is 4. The van der Waals surface area contributed by atoms with Crippen LogP contribution in [0.5, 0.6) is 0 Å². The molecule has 4 aromatic carbocycles. The Morgan fingerprint density at radius 1 is 0.714 bits per heavy atom. The minimum Gasteiger partial charge on any atom is -0.310 e. The molecule has 128 valence electrons. The average molecular weight is 354 g/mol. The van der Waals surface area contributed by atoms with Crippen molar-refractivity contribution < 1.29 is 0 Å². The number of hydrogen-bond donors (Lipinski definition) is 0. The van der Waals surface area contributed by atoms with Gasteiger partial charge >= 0.3 is 0 Å². The molecule has 0 atom stereocenters. The largest absolute Gasteiger partial charge is 0.310 e. The lowest BCUT2D eigenvalue weighted by molar-refractivity contribution is 1.19. The Morgan fingerprint density at radius 2 is 1.50 bits per heavy atom. The second-order valence-corrected chi connectivity index (χ2v) is 7.33. The van der Waals surface area contributed by atoms with Gasteiger partial charge in [-0.2, -0.15) is 5.26 Å². The van der Waals surface area contributed by atoms with Gasteiger partial charge in [-0.05, 0) is 29.1 Å². The van der Waals surface area contributed by atoms with Crippen LogP contribution in [-0.2, 0) is 0 Å². The van der Waals surface area contributed by atoms with E-state index in [-0.39, 0.29) is 6.71 Å². The molecule has 0 spiro atoms. The standard InChI is InChI=1S/C25H15BN2/c27-16-17-13-14-21-24(15-17)28-23-12-5-4-9-19(23)20-10-6-11-22(25(20)28)26(21)18-7-2-1-3-8-18/h1-15H. The van der Waals surface area contributed by atoms with E-state index in [9.17, 15) is 5.26 Å². The number of rotatable bonds is 1. The third kappa shape index (κ3) is 1.92. The molecule has 2 nitrogen and oxygen atoms in total. The number of para-hydroxylation sites is 2. The first-order valence-electron chi connectivity index (χ1n) is 9.48. The summed E-state index contributed by atoms with van der Waals surface area (Å²) in [5, 5.41) is 12.0. The highest BCUT2D eigenvalue weighted by atomic mass is 15.0. The molecule has 0 saturated carbocycles. The van der Waals surface area contributed by atoms with Gasteiger partial charge < -0.3 is 4.57 Å². The minimum absolute atomic E-state index is 0.157. The van der Waals surface area contributed by atoms with Crippen molar-refractivity contribution in [2.75, 3.05) is 0 Å². The highest BCUT2D eigenvalue weighted by Crippen LogP contribution is 2.33. The molecule has 5 aromatic rings. The van der Waals surface area contributed by atoms with Crippen LogP contribution in [0.15, 0.2) is 91.0 Å². The van der Waals surface area contributed by atoms with E-state index in [4.69, 9.17) is 0 Å². The number of nitrogens with zero attached hydrogens (tertiary/aromatic N) is 2. The van der Waals surface area contributed by atoms with Crippen molar-refractivity contribution in [3.05, 3.63) is 96.6 Å². The van der Waals surface area contributed by atoms with Crippen LogP contribution in [0.1, 0.15) is 5.56 Å². The van der Waals surface area contributed by atoms with Crippen molar-refractivity contribution in [3.63, 3.8) is 0 Å². The lowest BCUT2D eigenvalue weighted by Crippen LogP contribution is -2.55. The fourth-order valence-electron chi connectivity index (χ4n) is 4.75. The molecule has 0 N–H and O–H groups in total. The monoisotopic (exact) mass is 354 g/mol. The maximum atomic E-state index is 9.52. The molecule has 6 rings (SSSR count). The van der Waals surface area contributed by atoms with Crippen LogP contribution >= 0.6 is 0 Å². The van der Waals surface area contributed by atoms with Crippen LogP contribution in [0.25, 0.3) is 27.5 Å². The fourth-order valence-corrected chi connectivity index (χ4v) is 4.75. The Balaban J connectivity index is 1.84. The normalized spacial score (nSPS) is 12.2. The van der Waals surface area contributed by atoms with Crippen molar-refractivity contribution in [3.8, 4) is 11.8 Å². The summed E-state index contributed by atoms with van der Waals surface area (Å²) in [5.74, 6) is 0. The molecule has 0 bridgehead atoms. The summed E-state index contributed by atoms with van der Waals surface area (Å²) in [6.07, 6.45) is 0. The van der Waals surface area contributed by atoms with Gasteiger partial charge in [0.1, 0.15) is 0 Å². The molecule has 0 saturated heterocycles. The minimum atomic E-state index is 0.157. The Morgan fingerprint density at radius 3 is 2.36 bits per heavy atom. The molecular formula is C25H15BN2. The van der Waals surface area contributed by atoms with E-state index in [1.54, 1.807) is 0 Å². The number of aromatic nitrogens is 1. The zero-order valence-electron chi connectivity index (χ0n) is 15.1. The molecule has 3 heteroatoms. The van der Waals surface area contributed by atoms with Crippen molar-refractivity contribution >= 4 is 44.9 Å². The number of hydrogen-bond acceptors (Lipinski definition) is 1. The first-order valence-corrected chi connectivity index (χ1v) is 9.48. The highest BCUT2D eigenvalue weighted by molar-refractivity contribution is 6.98. The Hall–Kier alpha value is -3.77. The Labute approximate surface area is 163 Å². The molecule has 1 aromatic heterocycles. The number of nitriles is 1. The maximum absolute atomic E-state index is 9.52. The maximum Gasteiger partial charge on any atom is 0.246 e. The Bertz CT molecular complexity index is 1420. The third-order valence-electron chi connectivity index (χ3n) is 5.88. The van der Waals surface area contributed by atoms with Crippen molar-refractivity contribution in [2.45, 2.75) is 0 Å². The van der Waals surface area contributed by atoms with Gasteiger partial charge in [0.15, 0.2) is 0 Å². The molecule has 0 amide bonds. The van der Waals surface area contributed by atoms with Crippen LogP contribution < -0.4 is 16.4 Å². The van der Waals surface area contributed by atoms with Crippen LogP contribution in [0.2, 0.25) is 0 Å². The van der Waals surface area contributed by atoms with E-state index in [0.717, 1.165) is 5.69 Å². The van der Waals surface area contributed by atoms with Gasteiger partial charge in [0.05, 0.1) is 17.1 Å². The summed E-state index contributed by atoms with van der Waals surface area (Å²) in [6.45, 7) is 0.157. The molecule has 1 aliphatic heterocycles. The predicted molar refractivity (Wildman–Crippen MR) is 117 cm³/mol. The zero-order chi connectivity index (χ0) is 18.7. The first-order chi connectivity index (χ1) is 13.9. The van der Waals surface area contributed by atoms with Crippen LogP contribution in [0, 0.1) is 11.3 Å². The highest BCUT2D eigenvalue weighted by Gasteiger charge is 2.33. The van der Waals surface area contributed by atoms with E-state index in [1.807, 2.05) is 12.1 Å². The lowest BCUT2D eigenvalue weighted by atomic mass is 9.35. The molecule has 0 radical (unpaired) electrons. The van der Waals surface area contributed by atoms with E-state index in [0.29, 0.717) is 5.56 Å². The van der Waals surface area contributed by atoms with Crippen molar-refractivity contribution in [1.29, 1.82) is 5.26 Å². The van der Waals surface area contributed by atoms with E-state index >= 15 is 0 Å².